The number of hydrogen-bond acceptors (Lipinski definition) is 5. The first-order chi connectivity index (χ1) is 11.4. The monoisotopic (exact) mass is 334 g/mol. The number of halogens is 3. The summed E-state index contributed by atoms with van der Waals surface area (Å²) in [5.74, 6) is -0.538. The molecule has 0 aliphatic rings. The molecule has 0 radical (unpaired) electrons. The molecule has 0 atom stereocenters. The number of aromatic hydroxyl groups is 1. The number of fused-ring (bicyclic) bond motifs is 1. The van der Waals surface area contributed by atoms with Crippen molar-refractivity contribution in [3.8, 4) is 5.95 Å². The first-order valence-electron chi connectivity index (χ1n) is 6.70. The predicted octanol–water partition coefficient (Wildman–Crippen LogP) is 4.93. The third kappa shape index (κ3) is 2.98. The van der Waals surface area contributed by atoms with Crippen LogP contribution in [0.25, 0.3) is 10.8 Å². The minimum Gasteiger partial charge on any atom is -0.480 e. The van der Waals surface area contributed by atoms with E-state index in [0.717, 1.165) is 24.3 Å². The summed E-state index contributed by atoms with van der Waals surface area (Å²) in [6.45, 7) is 0. The maximum absolute atomic E-state index is 12.5. The molecule has 3 aromatic rings. The van der Waals surface area contributed by atoms with Gasteiger partial charge < -0.3 is 9.52 Å². The molecule has 0 aliphatic heterocycles. The molecule has 2 aromatic carbocycles. The Kier molecular flexibility index (Phi) is 3.80. The molecule has 0 unspecified atom stereocenters. The third-order valence-electron chi connectivity index (χ3n) is 3.26. The summed E-state index contributed by atoms with van der Waals surface area (Å²) in [5, 5.41) is 17.7. The molecule has 0 bridgehead atoms. The van der Waals surface area contributed by atoms with Gasteiger partial charge in [0.15, 0.2) is 5.69 Å². The van der Waals surface area contributed by atoms with Gasteiger partial charge in [-0.05, 0) is 30.3 Å². The van der Waals surface area contributed by atoms with E-state index >= 15 is 0 Å². The Labute approximate surface area is 132 Å². The number of rotatable bonds is 2. The van der Waals surface area contributed by atoms with Gasteiger partial charge >= 0.3 is 11.8 Å². The second kappa shape index (κ2) is 5.80. The molecule has 0 fully saturated rings. The topological polar surface area (TPSA) is 75.2 Å². The van der Waals surface area contributed by atoms with Gasteiger partial charge in [-0.3, -0.25) is 0 Å². The Morgan fingerprint density at radius 1 is 0.917 bits per heavy atom. The second-order valence-electron chi connectivity index (χ2n) is 4.83. The molecular formula is C16H9F3N2O3. The van der Waals surface area contributed by atoms with Crippen molar-refractivity contribution >= 4 is 22.1 Å². The number of azo groups is 1. The van der Waals surface area contributed by atoms with Crippen LogP contribution in [0.3, 0.4) is 0 Å². The summed E-state index contributed by atoms with van der Waals surface area (Å²) in [5.41, 5.74) is -1.72. The van der Waals surface area contributed by atoms with Crippen LogP contribution in [-0.4, -0.2) is 5.11 Å². The molecule has 1 N–H and O–H groups in total. The van der Waals surface area contributed by atoms with Gasteiger partial charge in [0, 0.05) is 5.39 Å². The van der Waals surface area contributed by atoms with Crippen LogP contribution >= 0.6 is 0 Å². The maximum atomic E-state index is 12.5. The lowest BCUT2D eigenvalue weighted by atomic mass is 10.1. The Morgan fingerprint density at radius 2 is 1.54 bits per heavy atom. The highest BCUT2D eigenvalue weighted by molar-refractivity contribution is 5.94. The summed E-state index contributed by atoms with van der Waals surface area (Å²) in [4.78, 5) is 11.8. The fourth-order valence-corrected chi connectivity index (χ4v) is 2.10. The van der Waals surface area contributed by atoms with Crippen LogP contribution in [0.2, 0.25) is 0 Å². The molecule has 122 valence electrons. The normalized spacial score (nSPS) is 12.1. The lowest BCUT2D eigenvalue weighted by molar-refractivity contribution is -0.137. The van der Waals surface area contributed by atoms with Crippen LogP contribution in [0.4, 0.5) is 24.5 Å². The standard InChI is InChI=1S/C16H9F3N2O3/c17-16(18,19)9-5-7-10(8-6-9)20-21-13-11-3-1-2-4-12(11)14(22)24-15(13)23/h1-8,22H. The van der Waals surface area contributed by atoms with Crippen LogP contribution in [0.1, 0.15) is 5.56 Å². The van der Waals surface area contributed by atoms with E-state index in [1.54, 1.807) is 18.2 Å². The summed E-state index contributed by atoms with van der Waals surface area (Å²) >= 11 is 0. The van der Waals surface area contributed by atoms with E-state index in [4.69, 9.17) is 0 Å². The van der Waals surface area contributed by atoms with Gasteiger partial charge in [-0.1, -0.05) is 18.2 Å². The molecule has 0 aliphatic carbocycles. The Hall–Kier alpha value is -3.16. The summed E-state index contributed by atoms with van der Waals surface area (Å²) in [6.07, 6.45) is -4.44. The smallest absolute Gasteiger partial charge is 0.416 e. The first-order valence-corrected chi connectivity index (χ1v) is 6.70. The van der Waals surface area contributed by atoms with E-state index in [1.807, 2.05) is 0 Å². The summed E-state index contributed by atoms with van der Waals surface area (Å²) in [6, 6.07) is 10.4. The van der Waals surface area contributed by atoms with Crippen molar-refractivity contribution in [3.05, 3.63) is 64.5 Å². The van der Waals surface area contributed by atoms with E-state index in [9.17, 15) is 23.1 Å². The Balaban J connectivity index is 2.01. The van der Waals surface area contributed by atoms with Crippen LogP contribution in [0.15, 0.2) is 68.0 Å². The van der Waals surface area contributed by atoms with E-state index in [-0.39, 0.29) is 16.8 Å². The van der Waals surface area contributed by atoms with Gasteiger partial charge in [-0.15, -0.1) is 5.11 Å². The number of alkyl halides is 3. The van der Waals surface area contributed by atoms with E-state index in [2.05, 4.69) is 14.6 Å². The van der Waals surface area contributed by atoms with Crippen LogP contribution in [0.5, 0.6) is 5.95 Å². The molecule has 1 heterocycles. The summed E-state index contributed by atoms with van der Waals surface area (Å²) in [7, 11) is 0. The van der Waals surface area contributed by atoms with Crippen molar-refractivity contribution in [1.29, 1.82) is 0 Å². The zero-order valence-corrected chi connectivity index (χ0v) is 11.9. The minimum absolute atomic E-state index is 0.138. The van der Waals surface area contributed by atoms with Crippen LogP contribution in [-0.2, 0) is 6.18 Å². The van der Waals surface area contributed by atoms with Gasteiger partial charge in [0.05, 0.1) is 16.6 Å². The predicted molar refractivity (Wildman–Crippen MR) is 79.8 cm³/mol. The molecule has 8 heteroatoms. The number of hydrogen-bond donors (Lipinski definition) is 1. The quantitative estimate of drug-likeness (QED) is 0.675. The zero-order valence-electron chi connectivity index (χ0n) is 11.9. The molecule has 5 nitrogen and oxygen atoms in total. The van der Waals surface area contributed by atoms with Gasteiger partial charge in [0.1, 0.15) is 0 Å². The fraction of sp³-hybridized carbons (Fsp3) is 0.0625. The molecule has 0 saturated heterocycles. The van der Waals surface area contributed by atoms with E-state index < -0.39 is 23.3 Å². The van der Waals surface area contributed by atoms with Crippen molar-refractivity contribution in [1.82, 2.24) is 0 Å². The molecule has 1 aromatic heterocycles. The SMILES string of the molecule is O=c1oc(O)c2ccccc2c1N=Nc1ccc(C(F)(F)F)cc1. The van der Waals surface area contributed by atoms with Crippen LogP contribution in [0, 0.1) is 0 Å². The molecule has 3 rings (SSSR count). The molecule has 0 saturated carbocycles. The van der Waals surface area contributed by atoms with Crippen molar-refractivity contribution in [2.24, 2.45) is 10.2 Å². The molecule has 0 amide bonds. The highest BCUT2D eigenvalue weighted by Crippen LogP contribution is 2.32. The number of nitrogens with zero attached hydrogens (tertiary/aromatic N) is 2. The number of benzene rings is 2. The van der Waals surface area contributed by atoms with Gasteiger partial charge in [0.25, 0.3) is 5.95 Å². The Bertz CT molecular complexity index is 977. The lowest BCUT2D eigenvalue weighted by Crippen LogP contribution is -2.03. The molecule has 0 spiro atoms. The average Bonchev–Trinajstić information content (AvgIpc) is 2.54. The third-order valence-corrected chi connectivity index (χ3v) is 3.26. The second-order valence-corrected chi connectivity index (χ2v) is 4.83. The first kappa shape index (κ1) is 15.7. The minimum atomic E-state index is -4.44. The van der Waals surface area contributed by atoms with Crippen LogP contribution < -0.4 is 5.63 Å². The van der Waals surface area contributed by atoms with E-state index in [0.29, 0.717) is 5.39 Å². The Morgan fingerprint density at radius 3 is 2.17 bits per heavy atom. The van der Waals surface area contributed by atoms with Crippen molar-refractivity contribution in [2.45, 2.75) is 6.18 Å². The highest BCUT2D eigenvalue weighted by Gasteiger charge is 2.29. The van der Waals surface area contributed by atoms with E-state index in [1.165, 1.54) is 6.07 Å². The van der Waals surface area contributed by atoms with Crippen molar-refractivity contribution in [2.75, 3.05) is 0 Å². The maximum Gasteiger partial charge on any atom is 0.416 e. The molecular weight excluding hydrogens is 325 g/mol. The average molecular weight is 334 g/mol. The lowest BCUT2D eigenvalue weighted by Gasteiger charge is -2.05. The molecule has 24 heavy (non-hydrogen) atoms. The summed E-state index contributed by atoms with van der Waals surface area (Å²) < 4.78 is 42.2. The van der Waals surface area contributed by atoms with Crippen molar-refractivity contribution < 1.29 is 22.7 Å². The largest absolute Gasteiger partial charge is 0.480 e. The highest BCUT2D eigenvalue weighted by atomic mass is 19.4. The zero-order chi connectivity index (χ0) is 17.3. The van der Waals surface area contributed by atoms with Gasteiger partial charge in [-0.25, -0.2) is 4.79 Å². The van der Waals surface area contributed by atoms with Crippen molar-refractivity contribution in [3.63, 3.8) is 0 Å². The van der Waals surface area contributed by atoms with Gasteiger partial charge in [-0.2, -0.15) is 18.3 Å². The fourth-order valence-electron chi connectivity index (χ4n) is 2.10. The van der Waals surface area contributed by atoms with Gasteiger partial charge in [0.2, 0.25) is 0 Å².